The van der Waals surface area contributed by atoms with Crippen LogP contribution < -0.4 is 20.5 Å². The van der Waals surface area contributed by atoms with E-state index in [4.69, 9.17) is 10.5 Å². The van der Waals surface area contributed by atoms with Gasteiger partial charge in [0.25, 0.3) is 10.0 Å². The number of hydrogen-bond donors (Lipinski definition) is 3. The Bertz CT molecular complexity index is 1510. The number of benzene rings is 2. The number of pyridine rings is 1. The Morgan fingerprint density at radius 3 is 2.47 bits per heavy atom. The zero-order valence-corrected chi connectivity index (χ0v) is 21.2. The van der Waals surface area contributed by atoms with Crippen LogP contribution in [0.1, 0.15) is 25.7 Å². The van der Waals surface area contributed by atoms with Crippen molar-refractivity contribution in [3.63, 3.8) is 0 Å². The van der Waals surface area contributed by atoms with Crippen LogP contribution in [0, 0.1) is 5.82 Å². The van der Waals surface area contributed by atoms with E-state index in [0.717, 1.165) is 31.7 Å². The number of nitrogens with two attached hydrogens (primary N) is 1. The second kappa shape index (κ2) is 11.1. The lowest BCUT2D eigenvalue weighted by Gasteiger charge is -2.27. The summed E-state index contributed by atoms with van der Waals surface area (Å²) in [5.74, 6) is -0.0437. The van der Waals surface area contributed by atoms with Crippen LogP contribution in [0.2, 0.25) is 0 Å². The number of nitrogens with zero attached hydrogens (tertiary/aromatic N) is 3. The maximum atomic E-state index is 15.0. The van der Waals surface area contributed by atoms with E-state index in [1.54, 1.807) is 36.4 Å². The number of sulfonamides is 1. The van der Waals surface area contributed by atoms with Gasteiger partial charge in [0.15, 0.2) is 11.6 Å². The van der Waals surface area contributed by atoms with Gasteiger partial charge in [-0.25, -0.2) is 27.8 Å². The standard InChI is InChI=1S/C27H27FN6O3S/c28-23-15-20(34-38(35,36)21-5-2-1-3-6-21)12-13-25(23)37-27-22(7-4-14-30-27)24-16-26(32-17-31-24)33-19-10-8-18(29)9-11-19/h1-7,12-19,34H,8-11,29H2,(H,31,32,33). The summed E-state index contributed by atoms with van der Waals surface area (Å²) in [6.07, 6.45) is 6.86. The van der Waals surface area contributed by atoms with Crippen molar-refractivity contribution in [1.82, 2.24) is 15.0 Å². The van der Waals surface area contributed by atoms with Crippen LogP contribution in [0.3, 0.4) is 0 Å². The van der Waals surface area contributed by atoms with Crippen LogP contribution in [-0.4, -0.2) is 35.5 Å². The lowest BCUT2D eigenvalue weighted by atomic mass is 9.92. The largest absolute Gasteiger partial charge is 0.435 e. The monoisotopic (exact) mass is 534 g/mol. The van der Waals surface area contributed by atoms with Crippen LogP contribution in [0.5, 0.6) is 11.6 Å². The summed E-state index contributed by atoms with van der Waals surface area (Å²) in [5.41, 5.74) is 7.19. The average molecular weight is 535 g/mol. The van der Waals surface area contributed by atoms with E-state index in [0.29, 0.717) is 17.1 Å². The number of nitrogens with one attached hydrogen (secondary N) is 2. The van der Waals surface area contributed by atoms with Gasteiger partial charge < -0.3 is 15.8 Å². The van der Waals surface area contributed by atoms with E-state index < -0.39 is 15.8 Å². The number of ether oxygens (including phenoxy) is 1. The molecule has 0 saturated heterocycles. The Hall–Kier alpha value is -4.09. The molecule has 1 fully saturated rings. The van der Waals surface area contributed by atoms with Crippen LogP contribution in [0.25, 0.3) is 11.3 Å². The highest BCUT2D eigenvalue weighted by molar-refractivity contribution is 7.92. The SMILES string of the molecule is NC1CCC(Nc2cc(-c3cccnc3Oc3ccc(NS(=O)(=O)c4ccccc4)cc3F)ncn2)CC1. The molecule has 0 aliphatic heterocycles. The molecule has 4 N–H and O–H groups in total. The molecule has 0 radical (unpaired) electrons. The summed E-state index contributed by atoms with van der Waals surface area (Å²) in [6.45, 7) is 0. The van der Waals surface area contributed by atoms with E-state index in [1.807, 2.05) is 0 Å². The van der Waals surface area contributed by atoms with Crippen LogP contribution >= 0.6 is 0 Å². The quantitative estimate of drug-likeness (QED) is 0.289. The van der Waals surface area contributed by atoms with E-state index in [2.05, 4.69) is 25.0 Å². The maximum Gasteiger partial charge on any atom is 0.261 e. The molecule has 1 saturated carbocycles. The third-order valence-electron chi connectivity index (χ3n) is 6.28. The predicted octanol–water partition coefficient (Wildman–Crippen LogP) is 4.95. The molecule has 0 spiro atoms. The van der Waals surface area contributed by atoms with E-state index >= 15 is 0 Å². The number of halogens is 1. The van der Waals surface area contributed by atoms with Gasteiger partial charge in [-0.3, -0.25) is 4.72 Å². The highest BCUT2D eigenvalue weighted by Crippen LogP contribution is 2.33. The third-order valence-corrected chi connectivity index (χ3v) is 7.68. The van der Waals surface area contributed by atoms with Gasteiger partial charge in [-0.15, -0.1) is 0 Å². The Kier molecular flexibility index (Phi) is 7.47. The number of rotatable bonds is 8. The van der Waals surface area contributed by atoms with Crippen LogP contribution in [-0.2, 0) is 10.0 Å². The van der Waals surface area contributed by atoms with Crippen LogP contribution in [0.15, 0.2) is 84.1 Å². The first kappa shape index (κ1) is 25.6. The van der Waals surface area contributed by atoms with E-state index in [1.165, 1.54) is 36.8 Å². The summed E-state index contributed by atoms with van der Waals surface area (Å²) in [6, 6.07) is 17.5. The number of hydrogen-bond acceptors (Lipinski definition) is 8. The van der Waals surface area contributed by atoms with Crippen LogP contribution in [0.4, 0.5) is 15.9 Å². The van der Waals surface area contributed by atoms with Crippen molar-refractivity contribution in [2.45, 2.75) is 42.7 Å². The lowest BCUT2D eigenvalue weighted by Crippen LogP contribution is -2.33. The molecule has 4 aromatic rings. The molecular weight excluding hydrogens is 507 g/mol. The van der Waals surface area contributed by atoms with Gasteiger partial charge in [0.2, 0.25) is 5.88 Å². The third kappa shape index (κ3) is 6.06. The van der Waals surface area contributed by atoms with Gasteiger partial charge in [-0.2, -0.15) is 0 Å². The minimum absolute atomic E-state index is 0.0649. The van der Waals surface area contributed by atoms with E-state index in [9.17, 15) is 12.8 Å². The van der Waals surface area contributed by atoms with Crippen molar-refractivity contribution in [3.8, 4) is 22.9 Å². The van der Waals surface area contributed by atoms with Gasteiger partial charge in [0.1, 0.15) is 12.1 Å². The lowest BCUT2D eigenvalue weighted by molar-refractivity contribution is 0.410. The highest BCUT2D eigenvalue weighted by Gasteiger charge is 2.20. The van der Waals surface area contributed by atoms with Gasteiger partial charge in [-0.1, -0.05) is 18.2 Å². The van der Waals surface area contributed by atoms with Gasteiger partial charge >= 0.3 is 0 Å². The molecule has 196 valence electrons. The summed E-state index contributed by atoms with van der Waals surface area (Å²) in [7, 11) is -3.86. The Morgan fingerprint density at radius 2 is 1.71 bits per heavy atom. The van der Waals surface area contributed by atoms with Gasteiger partial charge in [0, 0.05) is 30.4 Å². The molecule has 11 heteroatoms. The molecule has 5 rings (SSSR count). The number of anilines is 2. The minimum atomic E-state index is -3.86. The van der Waals surface area contributed by atoms with Crippen molar-refractivity contribution in [1.29, 1.82) is 0 Å². The Morgan fingerprint density at radius 1 is 0.921 bits per heavy atom. The Balaban J connectivity index is 1.33. The molecule has 0 atom stereocenters. The minimum Gasteiger partial charge on any atom is -0.435 e. The fourth-order valence-electron chi connectivity index (χ4n) is 4.29. The van der Waals surface area contributed by atoms with Crippen molar-refractivity contribution >= 4 is 21.5 Å². The molecule has 0 bridgehead atoms. The Labute approximate surface area is 220 Å². The molecule has 2 heterocycles. The molecule has 2 aromatic heterocycles. The van der Waals surface area contributed by atoms with Gasteiger partial charge in [0.05, 0.1) is 21.8 Å². The molecule has 1 aliphatic rings. The average Bonchev–Trinajstić information content (AvgIpc) is 2.92. The van der Waals surface area contributed by atoms with Crippen molar-refractivity contribution in [2.75, 3.05) is 10.0 Å². The summed E-state index contributed by atoms with van der Waals surface area (Å²) in [4.78, 5) is 13.0. The maximum absolute atomic E-state index is 15.0. The number of aromatic nitrogens is 3. The molecule has 2 aromatic carbocycles. The molecule has 9 nitrogen and oxygen atoms in total. The zero-order chi connectivity index (χ0) is 26.5. The molecular formula is C27H27FN6O3S. The van der Waals surface area contributed by atoms with Crippen molar-refractivity contribution < 1.29 is 17.5 Å². The summed E-state index contributed by atoms with van der Waals surface area (Å²) in [5, 5.41) is 3.44. The first-order valence-corrected chi connectivity index (χ1v) is 13.7. The summed E-state index contributed by atoms with van der Waals surface area (Å²) >= 11 is 0. The molecule has 38 heavy (non-hydrogen) atoms. The molecule has 1 aliphatic carbocycles. The topological polar surface area (TPSA) is 132 Å². The predicted molar refractivity (Wildman–Crippen MR) is 143 cm³/mol. The zero-order valence-electron chi connectivity index (χ0n) is 20.4. The first-order chi connectivity index (χ1) is 18.4. The second-order valence-corrected chi connectivity index (χ2v) is 10.7. The van der Waals surface area contributed by atoms with E-state index in [-0.39, 0.29) is 34.3 Å². The van der Waals surface area contributed by atoms with Gasteiger partial charge in [-0.05, 0) is 62.1 Å². The fraction of sp³-hybridized carbons (Fsp3) is 0.222. The highest BCUT2D eigenvalue weighted by atomic mass is 32.2. The van der Waals surface area contributed by atoms with Crippen molar-refractivity contribution in [2.24, 2.45) is 5.73 Å². The van der Waals surface area contributed by atoms with Crippen molar-refractivity contribution in [3.05, 3.63) is 85.1 Å². The smallest absolute Gasteiger partial charge is 0.261 e. The first-order valence-electron chi connectivity index (χ1n) is 12.2. The summed E-state index contributed by atoms with van der Waals surface area (Å²) < 4.78 is 48.3. The fourth-order valence-corrected chi connectivity index (χ4v) is 5.36. The molecule has 0 unspecified atom stereocenters. The second-order valence-electron chi connectivity index (χ2n) is 9.07. The molecule has 0 amide bonds. The normalized spacial score (nSPS) is 17.5.